The van der Waals surface area contributed by atoms with E-state index in [1.165, 1.54) is 0 Å². The fourth-order valence-corrected chi connectivity index (χ4v) is 2.25. The summed E-state index contributed by atoms with van der Waals surface area (Å²) in [7, 11) is 0. The van der Waals surface area contributed by atoms with Gasteiger partial charge in [-0.05, 0) is 36.8 Å². The summed E-state index contributed by atoms with van der Waals surface area (Å²) in [5.74, 6) is 0.249. The number of carbonyl (C=O) groups excluding carboxylic acids is 2. The van der Waals surface area contributed by atoms with E-state index in [0.717, 1.165) is 11.3 Å². The van der Waals surface area contributed by atoms with E-state index in [9.17, 15) is 9.59 Å². The van der Waals surface area contributed by atoms with Gasteiger partial charge in [-0.2, -0.15) is 0 Å². The van der Waals surface area contributed by atoms with Crippen molar-refractivity contribution in [3.63, 3.8) is 0 Å². The lowest BCUT2D eigenvalue weighted by molar-refractivity contribution is -0.116. The van der Waals surface area contributed by atoms with E-state index in [-0.39, 0.29) is 24.8 Å². The molecule has 0 spiro atoms. The van der Waals surface area contributed by atoms with Crippen LogP contribution >= 0.6 is 0 Å². The van der Waals surface area contributed by atoms with E-state index in [1.54, 1.807) is 24.3 Å². The van der Waals surface area contributed by atoms with Crippen LogP contribution < -0.4 is 21.1 Å². The molecule has 0 aliphatic rings. The normalized spacial score (nSPS) is 10.2. The zero-order valence-corrected chi connectivity index (χ0v) is 14.2. The summed E-state index contributed by atoms with van der Waals surface area (Å²) in [6, 6.07) is 14.5. The van der Waals surface area contributed by atoms with Crippen molar-refractivity contribution in [2.24, 2.45) is 5.73 Å². The molecule has 4 N–H and O–H groups in total. The predicted molar refractivity (Wildman–Crippen MR) is 97.8 cm³/mol. The van der Waals surface area contributed by atoms with Gasteiger partial charge < -0.3 is 21.1 Å². The highest BCUT2D eigenvalue weighted by molar-refractivity contribution is 6.03. The average Bonchev–Trinajstić information content (AvgIpc) is 2.60. The monoisotopic (exact) mass is 341 g/mol. The number of carbonyl (C=O) groups is 2. The molecule has 0 aliphatic carbocycles. The topological polar surface area (TPSA) is 93.4 Å². The zero-order valence-electron chi connectivity index (χ0n) is 14.2. The number of anilines is 1. The molecule has 0 radical (unpaired) electrons. The van der Waals surface area contributed by atoms with Gasteiger partial charge in [0.25, 0.3) is 5.91 Å². The number of rotatable bonds is 8. The predicted octanol–water partition coefficient (Wildman–Crippen LogP) is 2.09. The van der Waals surface area contributed by atoms with Crippen molar-refractivity contribution in [1.82, 2.24) is 5.32 Å². The van der Waals surface area contributed by atoms with Gasteiger partial charge in [0, 0.05) is 13.1 Å². The Labute approximate surface area is 147 Å². The second kappa shape index (κ2) is 9.44. The maximum atomic E-state index is 12.1. The minimum atomic E-state index is -0.266. The Kier molecular flexibility index (Phi) is 6.98. The molecule has 132 valence electrons. The van der Waals surface area contributed by atoms with Crippen LogP contribution in [0.2, 0.25) is 0 Å². The van der Waals surface area contributed by atoms with E-state index < -0.39 is 0 Å². The van der Waals surface area contributed by atoms with Crippen LogP contribution in [0.1, 0.15) is 22.3 Å². The van der Waals surface area contributed by atoms with Gasteiger partial charge in [0.2, 0.25) is 5.91 Å². The number of hydrogen-bond donors (Lipinski definition) is 3. The molecule has 0 saturated heterocycles. The lowest BCUT2D eigenvalue weighted by Crippen LogP contribution is -2.30. The molecule has 6 nitrogen and oxygen atoms in total. The Morgan fingerprint density at radius 1 is 1.12 bits per heavy atom. The SMILES string of the molecule is Cc1cccc(OCCC(=O)Nc2ccccc2C(=O)NCCN)c1. The van der Waals surface area contributed by atoms with Crippen LogP contribution in [0.25, 0.3) is 0 Å². The Hall–Kier alpha value is -2.86. The minimum absolute atomic E-state index is 0.187. The van der Waals surface area contributed by atoms with Crippen LogP contribution in [0.4, 0.5) is 5.69 Å². The number of hydrogen-bond acceptors (Lipinski definition) is 4. The summed E-state index contributed by atoms with van der Waals surface area (Å²) in [5, 5.41) is 5.45. The summed E-state index contributed by atoms with van der Waals surface area (Å²) >= 11 is 0. The maximum Gasteiger partial charge on any atom is 0.253 e. The molecule has 2 aromatic rings. The maximum absolute atomic E-state index is 12.1. The second-order valence-corrected chi connectivity index (χ2v) is 5.55. The molecule has 2 amide bonds. The number of benzene rings is 2. The number of para-hydroxylation sites is 1. The summed E-state index contributed by atoms with van der Waals surface area (Å²) in [6.45, 7) is 2.98. The summed E-state index contributed by atoms with van der Waals surface area (Å²) in [4.78, 5) is 24.2. The van der Waals surface area contributed by atoms with Crippen molar-refractivity contribution < 1.29 is 14.3 Å². The fourth-order valence-electron chi connectivity index (χ4n) is 2.25. The van der Waals surface area contributed by atoms with E-state index in [4.69, 9.17) is 10.5 Å². The molecule has 0 saturated carbocycles. The number of nitrogens with two attached hydrogens (primary N) is 1. The lowest BCUT2D eigenvalue weighted by atomic mass is 10.1. The van der Waals surface area contributed by atoms with Crippen molar-refractivity contribution in [1.29, 1.82) is 0 Å². The molecule has 25 heavy (non-hydrogen) atoms. The number of ether oxygens (including phenoxy) is 1. The Morgan fingerprint density at radius 3 is 2.68 bits per heavy atom. The fraction of sp³-hybridized carbons (Fsp3) is 0.263. The first-order valence-corrected chi connectivity index (χ1v) is 8.17. The van der Waals surface area contributed by atoms with Gasteiger partial charge in [-0.25, -0.2) is 0 Å². The highest BCUT2D eigenvalue weighted by atomic mass is 16.5. The van der Waals surface area contributed by atoms with Gasteiger partial charge >= 0.3 is 0 Å². The number of aryl methyl sites for hydroxylation is 1. The third-order valence-electron chi connectivity index (χ3n) is 3.46. The molecule has 2 rings (SSSR count). The third kappa shape index (κ3) is 5.93. The van der Waals surface area contributed by atoms with Gasteiger partial charge in [-0.3, -0.25) is 9.59 Å². The van der Waals surface area contributed by atoms with Crippen molar-refractivity contribution in [3.05, 3.63) is 59.7 Å². The number of amides is 2. The van der Waals surface area contributed by atoms with E-state index in [1.807, 2.05) is 31.2 Å². The van der Waals surface area contributed by atoms with Crippen LogP contribution in [0, 0.1) is 6.92 Å². The quantitative estimate of drug-likeness (QED) is 0.685. The van der Waals surface area contributed by atoms with E-state index in [2.05, 4.69) is 10.6 Å². The smallest absolute Gasteiger partial charge is 0.253 e. The van der Waals surface area contributed by atoms with Gasteiger partial charge in [0.05, 0.1) is 24.3 Å². The molecule has 2 aromatic carbocycles. The summed E-state index contributed by atoms with van der Waals surface area (Å²) in [5.41, 5.74) is 7.36. The van der Waals surface area contributed by atoms with Crippen LogP contribution in [0.3, 0.4) is 0 Å². The lowest BCUT2D eigenvalue weighted by Gasteiger charge is -2.11. The first-order valence-electron chi connectivity index (χ1n) is 8.17. The standard InChI is InChI=1S/C19H23N3O3/c1-14-5-4-6-15(13-14)25-12-9-18(23)22-17-8-3-2-7-16(17)19(24)21-11-10-20/h2-8,13H,9-12,20H2,1H3,(H,21,24)(H,22,23). The molecule has 0 atom stereocenters. The molecule has 0 bridgehead atoms. The van der Waals surface area contributed by atoms with E-state index >= 15 is 0 Å². The summed E-state index contributed by atoms with van der Waals surface area (Å²) in [6.07, 6.45) is 0.187. The van der Waals surface area contributed by atoms with Crippen molar-refractivity contribution in [3.8, 4) is 5.75 Å². The Balaban J connectivity index is 1.89. The Bertz CT molecular complexity index is 731. The molecular weight excluding hydrogens is 318 g/mol. The van der Waals surface area contributed by atoms with E-state index in [0.29, 0.717) is 24.3 Å². The van der Waals surface area contributed by atoms with Crippen LogP contribution in [0.5, 0.6) is 5.75 Å². The molecular formula is C19H23N3O3. The van der Waals surface area contributed by atoms with Crippen LogP contribution in [-0.4, -0.2) is 31.5 Å². The largest absolute Gasteiger partial charge is 0.493 e. The second-order valence-electron chi connectivity index (χ2n) is 5.55. The number of nitrogens with one attached hydrogen (secondary N) is 2. The average molecular weight is 341 g/mol. The molecule has 0 aliphatic heterocycles. The van der Waals surface area contributed by atoms with Crippen LogP contribution in [0.15, 0.2) is 48.5 Å². The highest BCUT2D eigenvalue weighted by Crippen LogP contribution is 2.16. The first kappa shape index (κ1) is 18.5. The Morgan fingerprint density at radius 2 is 1.92 bits per heavy atom. The van der Waals surface area contributed by atoms with Crippen molar-refractivity contribution in [2.75, 3.05) is 25.0 Å². The summed E-state index contributed by atoms with van der Waals surface area (Å²) < 4.78 is 5.57. The molecule has 0 aromatic heterocycles. The van der Waals surface area contributed by atoms with Crippen molar-refractivity contribution in [2.45, 2.75) is 13.3 Å². The van der Waals surface area contributed by atoms with Crippen LogP contribution in [-0.2, 0) is 4.79 Å². The van der Waals surface area contributed by atoms with Crippen molar-refractivity contribution >= 4 is 17.5 Å². The minimum Gasteiger partial charge on any atom is -0.493 e. The molecule has 6 heteroatoms. The highest BCUT2D eigenvalue weighted by Gasteiger charge is 2.12. The van der Waals surface area contributed by atoms with Gasteiger partial charge in [0.15, 0.2) is 0 Å². The van der Waals surface area contributed by atoms with Gasteiger partial charge in [0.1, 0.15) is 5.75 Å². The zero-order chi connectivity index (χ0) is 18.1. The third-order valence-corrected chi connectivity index (χ3v) is 3.46. The molecule has 0 heterocycles. The molecule has 0 unspecified atom stereocenters. The first-order chi connectivity index (χ1) is 12.1. The molecule has 0 fully saturated rings. The van der Waals surface area contributed by atoms with Gasteiger partial charge in [-0.1, -0.05) is 24.3 Å². The van der Waals surface area contributed by atoms with Gasteiger partial charge in [-0.15, -0.1) is 0 Å².